The SMILES string of the molecule is CC(C)(C)c1cc2ccnc3c2c(n1)C(C)(C)c1c-3[c-]cc2ccccc12.CCC(CC)C(=O)/C=C(\O)C(CC)CC.[Ir]. The van der Waals surface area contributed by atoms with Gasteiger partial charge in [-0.05, 0) is 59.7 Å². The van der Waals surface area contributed by atoms with Crippen molar-refractivity contribution in [3.63, 3.8) is 0 Å². The quantitative estimate of drug-likeness (QED) is 0.116. The molecular formula is C38H47IrN2O2-. The Balaban J connectivity index is 0.000000274. The number of nitrogens with zero attached hydrogens (tertiary/aromatic N) is 2. The van der Waals surface area contributed by atoms with E-state index in [1.165, 1.54) is 33.2 Å². The molecule has 2 aromatic carbocycles. The number of carbonyl (C=O) groups excluding carboxylic acids is 1. The molecule has 2 heterocycles. The number of carbonyl (C=O) groups is 1. The molecule has 1 aliphatic rings. The number of fused-ring (bicyclic) bond motifs is 4. The Labute approximate surface area is 271 Å². The molecule has 4 aromatic rings. The first-order chi connectivity index (χ1) is 19.9. The average Bonchev–Trinajstić information content (AvgIpc) is 2.96. The molecule has 0 unspecified atom stereocenters. The summed E-state index contributed by atoms with van der Waals surface area (Å²) in [6, 6.07) is 18.5. The van der Waals surface area contributed by atoms with Crippen molar-refractivity contribution >= 4 is 27.3 Å². The smallest absolute Gasteiger partial charge is 0.162 e. The van der Waals surface area contributed by atoms with E-state index in [0.717, 1.165) is 48.3 Å². The van der Waals surface area contributed by atoms with Crippen molar-refractivity contribution < 1.29 is 30.0 Å². The minimum Gasteiger partial charge on any atom is -0.512 e. The molecule has 0 aliphatic heterocycles. The first-order valence-corrected chi connectivity index (χ1v) is 15.6. The zero-order valence-corrected chi connectivity index (χ0v) is 29.7. The fourth-order valence-electron chi connectivity index (χ4n) is 6.17. The van der Waals surface area contributed by atoms with Crippen molar-refractivity contribution in [1.29, 1.82) is 0 Å². The van der Waals surface area contributed by atoms with Crippen molar-refractivity contribution in [1.82, 2.24) is 9.97 Å². The first kappa shape index (κ1) is 34.6. The molecule has 0 fully saturated rings. The van der Waals surface area contributed by atoms with Crippen LogP contribution in [-0.4, -0.2) is 20.9 Å². The Morgan fingerprint density at radius 1 is 0.977 bits per heavy atom. The molecule has 1 N–H and O–H groups in total. The van der Waals surface area contributed by atoms with E-state index in [0.29, 0.717) is 0 Å². The minimum absolute atomic E-state index is 0. The maximum Gasteiger partial charge on any atom is 0.162 e. The number of benzene rings is 2. The number of rotatable bonds is 7. The van der Waals surface area contributed by atoms with Crippen LogP contribution in [0.4, 0.5) is 0 Å². The van der Waals surface area contributed by atoms with Gasteiger partial charge in [0, 0.05) is 61.0 Å². The molecule has 5 heteroatoms. The fourth-order valence-corrected chi connectivity index (χ4v) is 6.17. The van der Waals surface area contributed by atoms with E-state index in [2.05, 4.69) is 83.1 Å². The maximum atomic E-state index is 11.7. The van der Waals surface area contributed by atoms with Crippen LogP contribution in [0.1, 0.15) is 105 Å². The van der Waals surface area contributed by atoms with Gasteiger partial charge in [0.15, 0.2) is 5.78 Å². The molecule has 0 saturated heterocycles. The number of pyridine rings is 2. The van der Waals surface area contributed by atoms with E-state index < -0.39 is 0 Å². The van der Waals surface area contributed by atoms with Crippen LogP contribution in [-0.2, 0) is 35.7 Å². The van der Waals surface area contributed by atoms with Crippen molar-refractivity contribution in [2.45, 2.75) is 98.8 Å². The van der Waals surface area contributed by atoms with Crippen LogP contribution in [0.2, 0.25) is 0 Å². The molecule has 0 spiro atoms. The van der Waals surface area contributed by atoms with Crippen LogP contribution in [0.25, 0.3) is 32.8 Å². The number of aliphatic hydroxyl groups excluding tert-OH is 1. The maximum absolute atomic E-state index is 11.7. The molecule has 4 nitrogen and oxygen atoms in total. The molecule has 1 radical (unpaired) electrons. The van der Waals surface area contributed by atoms with Crippen LogP contribution in [0, 0.1) is 17.9 Å². The van der Waals surface area contributed by atoms with Crippen LogP contribution < -0.4 is 0 Å². The number of aliphatic hydroxyl groups is 1. The van der Waals surface area contributed by atoms with Gasteiger partial charge in [0.2, 0.25) is 0 Å². The predicted molar refractivity (Wildman–Crippen MR) is 176 cm³/mol. The van der Waals surface area contributed by atoms with E-state index in [9.17, 15) is 9.90 Å². The van der Waals surface area contributed by atoms with Gasteiger partial charge in [-0.25, -0.2) is 0 Å². The number of aromatic nitrogens is 2. The Kier molecular flexibility index (Phi) is 11.1. The summed E-state index contributed by atoms with van der Waals surface area (Å²) in [5.41, 5.74) is 5.44. The van der Waals surface area contributed by atoms with Gasteiger partial charge in [-0.1, -0.05) is 97.4 Å². The summed E-state index contributed by atoms with van der Waals surface area (Å²) in [6.07, 6.45) is 6.82. The number of allylic oxidation sites excluding steroid dienone is 2. The van der Waals surface area contributed by atoms with E-state index >= 15 is 0 Å². The second-order valence-electron chi connectivity index (χ2n) is 13.1. The van der Waals surface area contributed by atoms with Gasteiger partial charge in [0.1, 0.15) is 0 Å². The monoisotopic (exact) mass is 756 g/mol. The molecule has 43 heavy (non-hydrogen) atoms. The Hall–Kier alpha value is -2.88. The van der Waals surface area contributed by atoms with Gasteiger partial charge >= 0.3 is 0 Å². The largest absolute Gasteiger partial charge is 0.512 e. The summed E-state index contributed by atoms with van der Waals surface area (Å²) in [5.74, 6) is 0.547. The average molecular weight is 756 g/mol. The second kappa shape index (κ2) is 13.8. The first-order valence-electron chi connectivity index (χ1n) is 15.6. The van der Waals surface area contributed by atoms with Crippen molar-refractivity contribution in [3.8, 4) is 11.3 Å². The molecular weight excluding hydrogens is 709 g/mol. The van der Waals surface area contributed by atoms with Crippen molar-refractivity contribution in [2.24, 2.45) is 11.8 Å². The summed E-state index contributed by atoms with van der Waals surface area (Å²) in [7, 11) is 0. The number of hydrogen-bond donors (Lipinski definition) is 1. The fraction of sp³-hybridized carbons (Fsp3) is 0.447. The van der Waals surface area contributed by atoms with E-state index in [1.54, 1.807) is 0 Å². The van der Waals surface area contributed by atoms with Crippen LogP contribution in [0.15, 0.2) is 60.5 Å². The summed E-state index contributed by atoms with van der Waals surface area (Å²) in [6.45, 7) is 19.3. The third kappa shape index (κ3) is 6.79. The predicted octanol–water partition coefficient (Wildman–Crippen LogP) is 10.1. The molecule has 1 aliphatic carbocycles. The standard InChI is InChI=1S/C25H23N2.C13H24O2.Ir/c1-24(2,3)19-14-16-12-13-26-22-18-11-10-15-8-6-7-9-17(15)21(18)25(4,5)23(27-19)20(16)22;1-5-10(6-2)12(14)9-13(15)11(7-3)8-4;/h6-10,12-14H,1-5H3;9-11,14H,5-8H2,1-4H3;/q-1;;/b;12-9-;. The molecule has 231 valence electrons. The topological polar surface area (TPSA) is 63.1 Å². The summed E-state index contributed by atoms with van der Waals surface area (Å²) < 4.78 is 0. The van der Waals surface area contributed by atoms with Gasteiger partial charge in [-0.2, -0.15) is 0 Å². The van der Waals surface area contributed by atoms with Gasteiger partial charge in [-0.15, -0.1) is 23.3 Å². The summed E-state index contributed by atoms with van der Waals surface area (Å²) >= 11 is 0. The Morgan fingerprint density at radius 2 is 1.60 bits per heavy atom. The molecule has 0 amide bonds. The van der Waals surface area contributed by atoms with Gasteiger partial charge in [-0.3, -0.25) is 9.78 Å². The molecule has 0 bridgehead atoms. The van der Waals surface area contributed by atoms with Gasteiger partial charge < -0.3 is 10.1 Å². The summed E-state index contributed by atoms with van der Waals surface area (Å²) in [5, 5.41) is 14.6. The molecule has 2 aromatic heterocycles. The minimum atomic E-state index is -0.220. The normalized spacial score (nSPS) is 13.9. The molecule has 0 atom stereocenters. The van der Waals surface area contributed by atoms with E-state index in [-0.39, 0.29) is 54.3 Å². The van der Waals surface area contributed by atoms with E-state index in [1.807, 2.05) is 33.9 Å². The molecule has 0 saturated carbocycles. The number of hydrogen-bond acceptors (Lipinski definition) is 4. The van der Waals surface area contributed by atoms with Crippen molar-refractivity contribution in [3.05, 3.63) is 83.5 Å². The third-order valence-corrected chi connectivity index (χ3v) is 8.90. The van der Waals surface area contributed by atoms with Crippen LogP contribution in [0.5, 0.6) is 0 Å². The van der Waals surface area contributed by atoms with Crippen LogP contribution >= 0.6 is 0 Å². The second-order valence-corrected chi connectivity index (χ2v) is 13.1. The van der Waals surface area contributed by atoms with Gasteiger partial charge in [0.05, 0.1) is 5.76 Å². The van der Waals surface area contributed by atoms with Crippen molar-refractivity contribution in [2.75, 3.05) is 0 Å². The molecule has 5 rings (SSSR count). The van der Waals surface area contributed by atoms with E-state index in [4.69, 9.17) is 9.97 Å². The zero-order chi connectivity index (χ0) is 30.8. The Morgan fingerprint density at radius 3 is 2.21 bits per heavy atom. The van der Waals surface area contributed by atoms with Crippen LogP contribution in [0.3, 0.4) is 0 Å². The third-order valence-electron chi connectivity index (χ3n) is 8.90. The zero-order valence-electron chi connectivity index (χ0n) is 27.3. The summed E-state index contributed by atoms with van der Waals surface area (Å²) in [4.78, 5) is 21.7. The Bertz CT molecular complexity index is 1620. The van der Waals surface area contributed by atoms with Gasteiger partial charge in [0.25, 0.3) is 0 Å². The number of ketones is 1.